The Balaban J connectivity index is 2.27. The van der Waals surface area contributed by atoms with Crippen LogP contribution < -0.4 is 5.32 Å². The Bertz CT molecular complexity index is 312. The normalized spacial score (nSPS) is 24.6. The van der Waals surface area contributed by atoms with Gasteiger partial charge in [-0.1, -0.05) is 6.92 Å². The van der Waals surface area contributed by atoms with E-state index in [9.17, 15) is 9.59 Å². The SMILES string of the molecule is CCC(C)N(C)C(=O)NCC1CCC(C(=O)O)CC1. The molecule has 0 radical (unpaired) electrons. The van der Waals surface area contributed by atoms with Crippen molar-refractivity contribution in [3.8, 4) is 0 Å². The molecule has 110 valence electrons. The van der Waals surface area contributed by atoms with Gasteiger partial charge in [0, 0.05) is 19.6 Å². The first-order valence-corrected chi connectivity index (χ1v) is 7.19. The molecule has 0 heterocycles. The zero-order valence-electron chi connectivity index (χ0n) is 12.2. The largest absolute Gasteiger partial charge is 0.481 e. The highest BCUT2D eigenvalue weighted by molar-refractivity contribution is 5.74. The van der Waals surface area contributed by atoms with Crippen LogP contribution in [0.3, 0.4) is 0 Å². The summed E-state index contributed by atoms with van der Waals surface area (Å²) >= 11 is 0. The maximum Gasteiger partial charge on any atom is 0.317 e. The lowest BCUT2D eigenvalue weighted by molar-refractivity contribution is -0.143. The molecule has 2 amide bonds. The summed E-state index contributed by atoms with van der Waals surface area (Å²) < 4.78 is 0. The minimum Gasteiger partial charge on any atom is -0.481 e. The summed E-state index contributed by atoms with van der Waals surface area (Å²) in [4.78, 5) is 24.5. The van der Waals surface area contributed by atoms with Gasteiger partial charge in [0.25, 0.3) is 0 Å². The number of aliphatic carboxylic acids is 1. The molecule has 19 heavy (non-hydrogen) atoms. The van der Waals surface area contributed by atoms with Crippen molar-refractivity contribution in [2.24, 2.45) is 11.8 Å². The van der Waals surface area contributed by atoms with Crippen LogP contribution in [0.1, 0.15) is 46.0 Å². The topological polar surface area (TPSA) is 69.6 Å². The first kappa shape index (κ1) is 15.8. The maximum atomic E-state index is 11.9. The molecule has 5 heteroatoms. The molecular weight excluding hydrogens is 244 g/mol. The van der Waals surface area contributed by atoms with E-state index in [4.69, 9.17) is 5.11 Å². The lowest BCUT2D eigenvalue weighted by Gasteiger charge is -2.28. The number of carboxylic acid groups (broad SMARTS) is 1. The molecule has 1 rings (SSSR count). The summed E-state index contributed by atoms with van der Waals surface area (Å²) in [5.41, 5.74) is 0. The van der Waals surface area contributed by atoms with Crippen molar-refractivity contribution in [2.45, 2.75) is 52.0 Å². The van der Waals surface area contributed by atoms with E-state index in [1.165, 1.54) is 0 Å². The van der Waals surface area contributed by atoms with Crippen molar-refractivity contribution in [2.75, 3.05) is 13.6 Å². The predicted molar refractivity (Wildman–Crippen MR) is 74.0 cm³/mol. The van der Waals surface area contributed by atoms with Gasteiger partial charge in [-0.05, 0) is 44.9 Å². The minimum atomic E-state index is -0.681. The highest BCUT2D eigenvalue weighted by Gasteiger charge is 2.26. The number of carbonyl (C=O) groups excluding carboxylic acids is 1. The Morgan fingerprint density at radius 1 is 1.32 bits per heavy atom. The predicted octanol–water partition coefficient (Wildman–Crippen LogP) is 2.32. The summed E-state index contributed by atoms with van der Waals surface area (Å²) in [5, 5.41) is 11.9. The van der Waals surface area contributed by atoms with Crippen molar-refractivity contribution in [3.63, 3.8) is 0 Å². The van der Waals surface area contributed by atoms with E-state index in [2.05, 4.69) is 12.2 Å². The molecule has 0 spiro atoms. The third-order valence-corrected chi connectivity index (χ3v) is 4.31. The van der Waals surface area contributed by atoms with Gasteiger partial charge in [0.1, 0.15) is 0 Å². The summed E-state index contributed by atoms with van der Waals surface area (Å²) in [6.45, 7) is 4.74. The molecule has 0 aromatic carbocycles. The molecule has 1 saturated carbocycles. The first-order valence-electron chi connectivity index (χ1n) is 7.19. The molecule has 0 aromatic rings. The van der Waals surface area contributed by atoms with Crippen molar-refractivity contribution in [1.82, 2.24) is 10.2 Å². The van der Waals surface area contributed by atoms with Gasteiger partial charge >= 0.3 is 12.0 Å². The molecule has 0 saturated heterocycles. The third kappa shape index (κ3) is 4.73. The van der Waals surface area contributed by atoms with Crippen molar-refractivity contribution in [1.29, 1.82) is 0 Å². The number of hydrogen-bond donors (Lipinski definition) is 2. The van der Waals surface area contributed by atoms with Crippen LogP contribution in [0.25, 0.3) is 0 Å². The van der Waals surface area contributed by atoms with E-state index in [0.29, 0.717) is 12.5 Å². The lowest BCUT2D eigenvalue weighted by Crippen LogP contribution is -2.44. The highest BCUT2D eigenvalue weighted by atomic mass is 16.4. The van der Waals surface area contributed by atoms with E-state index < -0.39 is 5.97 Å². The van der Waals surface area contributed by atoms with Gasteiger partial charge in [0.2, 0.25) is 0 Å². The standard InChI is InChI=1S/C14H26N2O3/c1-4-10(2)16(3)14(19)15-9-11-5-7-12(8-6-11)13(17)18/h10-12H,4-9H2,1-3H3,(H,15,19)(H,17,18). The van der Waals surface area contributed by atoms with E-state index in [1.54, 1.807) is 4.90 Å². The summed E-state index contributed by atoms with van der Waals surface area (Å²) in [7, 11) is 1.81. The Morgan fingerprint density at radius 2 is 1.89 bits per heavy atom. The second kappa shape index (κ2) is 7.36. The minimum absolute atomic E-state index is 0.0327. The molecule has 1 aliphatic carbocycles. The number of urea groups is 1. The van der Waals surface area contributed by atoms with Crippen molar-refractivity contribution in [3.05, 3.63) is 0 Å². The number of nitrogens with zero attached hydrogens (tertiary/aromatic N) is 1. The molecule has 5 nitrogen and oxygen atoms in total. The average Bonchev–Trinajstić information content (AvgIpc) is 2.43. The highest BCUT2D eigenvalue weighted by Crippen LogP contribution is 2.28. The van der Waals surface area contributed by atoms with Crippen LogP contribution in [0.2, 0.25) is 0 Å². The van der Waals surface area contributed by atoms with Crippen LogP contribution >= 0.6 is 0 Å². The Hall–Kier alpha value is -1.26. The number of carbonyl (C=O) groups is 2. The fraction of sp³-hybridized carbons (Fsp3) is 0.857. The summed E-state index contributed by atoms with van der Waals surface area (Å²) in [6.07, 6.45) is 4.19. The molecular formula is C14H26N2O3. The monoisotopic (exact) mass is 270 g/mol. The number of nitrogens with one attached hydrogen (secondary N) is 1. The first-order chi connectivity index (χ1) is 8.95. The zero-order chi connectivity index (χ0) is 14.4. The average molecular weight is 270 g/mol. The smallest absolute Gasteiger partial charge is 0.317 e. The number of carboxylic acids is 1. The number of rotatable bonds is 5. The molecule has 2 N–H and O–H groups in total. The molecule has 1 unspecified atom stereocenters. The molecule has 1 aliphatic rings. The van der Waals surface area contributed by atoms with Gasteiger partial charge in [-0.25, -0.2) is 4.79 Å². The molecule has 0 bridgehead atoms. The van der Waals surface area contributed by atoms with Gasteiger partial charge < -0.3 is 15.3 Å². The Kier molecular flexibility index (Phi) is 6.12. The lowest BCUT2D eigenvalue weighted by atomic mass is 9.82. The van der Waals surface area contributed by atoms with Gasteiger partial charge in [0.15, 0.2) is 0 Å². The quantitative estimate of drug-likeness (QED) is 0.805. The van der Waals surface area contributed by atoms with Crippen molar-refractivity contribution < 1.29 is 14.7 Å². The van der Waals surface area contributed by atoms with Gasteiger partial charge in [-0.3, -0.25) is 4.79 Å². The number of amides is 2. The molecule has 0 aromatic heterocycles. The molecule has 1 atom stereocenters. The van der Waals surface area contributed by atoms with Crippen LogP contribution in [-0.2, 0) is 4.79 Å². The second-order valence-electron chi connectivity index (χ2n) is 5.61. The zero-order valence-corrected chi connectivity index (χ0v) is 12.2. The van der Waals surface area contributed by atoms with Crippen LogP contribution in [0.15, 0.2) is 0 Å². The summed E-state index contributed by atoms with van der Waals surface area (Å²) in [6, 6.07) is 0.206. The summed E-state index contributed by atoms with van der Waals surface area (Å²) in [5.74, 6) is -0.446. The second-order valence-corrected chi connectivity index (χ2v) is 5.61. The maximum absolute atomic E-state index is 11.9. The fourth-order valence-electron chi connectivity index (χ4n) is 2.44. The Labute approximate surface area is 115 Å². The van der Waals surface area contributed by atoms with Gasteiger partial charge in [-0.15, -0.1) is 0 Å². The fourth-order valence-corrected chi connectivity index (χ4v) is 2.44. The van der Waals surface area contributed by atoms with Gasteiger partial charge in [-0.2, -0.15) is 0 Å². The van der Waals surface area contributed by atoms with E-state index >= 15 is 0 Å². The number of hydrogen-bond acceptors (Lipinski definition) is 2. The molecule has 0 aliphatic heterocycles. The van der Waals surface area contributed by atoms with Gasteiger partial charge in [0.05, 0.1) is 5.92 Å². The van der Waals surface area contributed by atoms with Crippen LogP contribution in [0.4, 0.5) is 4.79 Å². The van der Waals surface area contributed by atoms with Crippen molar-refractivity contribution >= 4 is 12.0 Å². The van der Waals surface area contributed by atoms with Crippen LogP contribution in [0, 0.1) is 11.8 Å². The van der Waals surface area contributed by atoms with Crippen LogP contribution in [-0.4, -0.2) is 41.6 Å². The van der Waals surface area contributed by atoms with E-state index in [1.807, 2.05) is 14.0 Å². The third-order valence-electron chi connectivity index (χ3n) is 4.31. The van der Waals surface area contributed by atoms with Crippen LogP contribution in [0.5, 0.6) is 0 Å². The van der Waals surface area contributed by atoms with E-state index in [-0.39, 0.29) is 18.0 Å². The Morgan fingerprint density at radius 3 is 2.37 bits per heavy atom. The molecule has 1 fully saturated rings. The van der Waals surface area contributed by atoms with E-state index in [0.717, 1.165) is 32.1 Å².